The normalized spacial score (nSPS) is 11.2. The minimum Gasteiger partial charge on any atom is -0.496 e. The minimum absolute atomic E-state index is 0.0197. The monoisotopic (exact) mass is 434 g/mol. The van der Waals surface area contributed by atoms with E-state index < -0.39 is 34.9 Å². The van der Waals surface area contributed by atoms with Gasteiger partial charge in [-0.3, -0.25) is 14.9 Å². The third-order valence-electron chi connectivity index (χ3n) is 4.46. The highest BCUT2D eigenvalue weighted by atomic mass is 19.4. The number of hydrogen-bond donors (Lipinski definition) is 1. The van der Waals surface area contributed by atoms with Gasteiger partial charge in [0.05, 0.1) is 12.0 Å². The predicted molar refractivity (Wildman–Crippen MR) is 106 cm³/mol. The first-order valence-electron chi connectivity index (χ1n) is 9.00. The number of fused-ring (bicyclic) bond motifs is 1. The fourth-order valence-electron chi connectivity index (χ4n) is 3.06. The van der Waals surface area contributed by atoms with Crippen molar-refractivity contribution in [2.45, 2.75) is 12.7 Å². The average Bonchev–Trinajstić information content (AvgIpc) is 2.74. The number of benzene rings is 3. The van der Waals surface area contributed by atoms with Gasteiger partial charge in [0.1, 0.15) is 17.1 Å². The van der Waals surface area contributed by atoms with Gasteiger partial charge < -0.3 is 14.8 Å². The predicted octanol–water partition coefficient (Wildman–Crippen LogP) is 4.63. The van der Waals surface area contributed by atoms with E-state index in [0.717, 1.165) is 29.0 Å². The molecule has 3 aromatic rings. The number of amides is 1. The maximum absolute atomic E-state index is 12.7. The molecule has 0 atom stereocenters. The Morgan fingerprint density at radius 3 is 2.55 bits per heavy atom. The number of nitro benzene ring substituents is 1. The molecule has 162 valence electrons. The summed E-state index contributed by atoms with van der Waals surface area (Å²) in [6.07, 6.45) is -4.59. The summed E-state index contributed by atoms with van der Waals surface area (Å²) in [4.78, 5) is 23.2. The second kappa shape index (κ2) is 8.90. The molecule has 0 aliphatic heterocycles. The number of alkyl halides is 3. The van der Waals surface area contributed by atoms with Gasteiger partial charge in [-0.1, -0.05) is 30.3 Å². The first-order valence-corrected chi connectivity index (χ1v) is 9.00. The van der Waals surface area contributed by atoms with Crippen LogP contribution in [0.25, 0.3) is 10.8 Å². The van der Waals surface area contributed by atoms with Gasteiger partial charge in [0.25, 0.3) is 11.6 Å². The van der Waals surface area contributed by atoms with Crippen LogP contribution in [-0.4, -0.2) is 30.7 Å². The van der Waals surface area contributed by atoms with Gasteiger partial charge in [-0.2, -0.15) is 13.2 Å². The van der Waals surface area contributed by atoms with Crippen molar-refractivity contribution in [3.05, 3.63) is 75.8 Å². The molecule has 3 aromatic carbocycles. The number of nitrogens with one attached hydrogen (secondary N) is 1. The Bertz CT molecular complexity index is 1130. The molecule has 0 aliphatic carbocycles. The maximum atomic E-state index is 12.7. The molecule has 0 radical (unpaired) electrons. The summed E-state index contributed by atoms with van der Waals surface area (Å²) in [5.74, 6) is -0.634. The number of methoxy groups -OCH3 is 1. The minimum atomic E-state index is -4.59. The van der Waals surface area contributed by atoms with Crippen LogP contribution in [0.2, 0.25) is 0 Å². The van der Waals surface area contributed by atoms with Gasteiger partial charge in [0, 0.05) is 18.2 Å². The molecule has 0 unspecified atom stereocenters. The van der Waals surface area contributed by atoms with Gasteiger partial charge >= 0.3 is 6.18 Å². The largest absolute Gasteiger partial charge is 0.496 e. The molecule has 0 heterocycles. The summed E-state index contributed by atoms with van der Waals surface area (Å²) in [5, 5.41) is 15.6. The lowest BCUT2D eigenvalue weighted by Gasteiger charge is -2.14. The molecule has 0 bridgehead atoms. The van der Waals surface area contributed by atoms with Crippen molar-refractivity contribution in [3.8, 4) is 11.5 Å². The number of carbonyl (C=O) groups excluding carboxylic acids is 1. The van der Waals surface area contributed by atoms with Crippen LogP contribution < -0.4 is 14.8 Å². The van der Waals surface area contributed by atoms with Crippen LogP contribution in [0.4, 0.5) is 18.9 Å². The van der Waals surface area contributed by atoms with E-state index in [9.17, 15) is 28.1 Å². The first kappa shape index (κ1) is 21.9. The Kier molecular flexibility index (Phi) is 6.28. The lowest BCUT2D eigenvalue weighted by Crippen LogP contribution is -2.24. The van der Waals surface area contributed by atoms with Crippen molar-refractivity contribution in [3.63, 3.8) is 0 Å². The molecule has 10 heteroatoms. The van der Waals surface area contributed by atoms with Crippen molar-refractivity contribution in [1.29, 1.82) is 0 Å². The summed E-state index contributed by atoms with van der Waals surface area (Å²) in [6, 6.07) is 13.8. The van der Waals surface area contributed by atoms with Gasteiger partial charge in [-0.25, -0.2) is 0 Å². The topological polar surface area (TPSA) is 90.7 Å². The molecule has 0 aliphatic rings. The van der Waals surface area contributed by atoms with E-state index in [1.54, 1.807) is 6.07 Å². The number of carbonyl (C=O) groups is 1. The van der Waals surface area contributed by atoms with E-state index >= 15 is 0 Å². The van der Waals surface area contributed by atoms with Crippen molar-refractivity contribution < 1.29 is 32.4 Å². The van der Waals surface area contributed by atoms with Crippen LogP contribution in [-0.2, 0) is 6.54 Å². The molecule has 1 N–H and O–H groups in total. The van der Waals surface area contributed by atoms with E-state index in [1.807, 2.05) is 30.3 Å². The number of ether oxygens (including phenoxy) is 2. The lowest BCUT2D eigenvalue weighted by molar-refractivity contribution is -0.385. The van der Waals surface area contributed by atoms with Crippen molar-refractivity contribution in [2.75, 3.05) is 13.7 Å². The van der Waals surface area contributed by atoms with Crippen molar-refractivity contribution in [2.24, 2.45) is 0 Å². The van der Waals surface area contributed by atoms with E-state index in [0.29, 0.717) is 11.3 Å². The Labute approximate surface area is 174 Å². The van der Waals surface area contributed by atoms with Gasteiger partial charge in [-0.15, -0.1) is 0 Å². The zero-order valence-electron chi connectivity index (χ0n) is 16.2. The van der Waals surface area contributed by atoms with E-state index in [1.165, 1.54) is 7.11 Å². The van der Waals surface area contributed by atoms with Crippen LogP contribution in [0.15, 0.2) is 54.6 Å². The smallest absolute Gasteiger partial charge is 0.422 e. The quantitative estimate of drug-likeness (QED) is 0.433. The molecule has 31 heavy (non-hydrogen) atoms. The SMILES string of the molecule is COc1ccc2ccccc2c1CNC(=O)c1cc(OCC(F)(F)F)ccc1[N+](=O)[O-]. The molecule has 0 spiro atoms. The number of halogens is 3. The Morgan fingerprint density at radius 2 is 1.87 bits per heavy atom. The van der Waals surface area contributed by atoms with Crippen LogP contribution in [0.3, 0.4) is 0 Å². The summed E-state index contributed by atoms with van der Waals surface area (Å²) >= 11 is 0. The molecule has 0 aromatic heterocycles. The Morgan fingerprint density at radius 1 is 1.13 bits per heavy atom. The summed E-state index contributed by atoms with van der Waals surface area (Å²) in [7, 11) is 1.47. The van der Waals surface area contributed by atoms with E-state index in [4.69, 9.17) is 4.74 Å². The third kappa shape index (κ3) is 5.21. The van der Waals surface area contributed by atoms with E-state index in [2.05, 4.69) is 10.1 Å². The molecule has 0 saturated heterocycles. The number of nitro groups is 1. The number of hydrogen-bond acceptors (Lipinski definition) is 5. The summed E-state index contributed by atoms with van der Waals surface area (Å²) in [5.41, 5.74) is -0.313. The molecule has 0 fully saturated rings. The van der Waals surface area contributed by atoms with Crippen molar-refractivity contribution >= 4 is 22.4 Å². The zero-order valence-corrected chi connectivity index (χ0v) is 16.2. The molecule has 1 amide bonds. The van der Waals surface area contributed by atoms with Crippen LogP contribution in [0.5, 0.6) is 11.5 Å². The lowest BCUT2D eigenvalue weighted by atomic mass is 10.0. The fourth-order valence-corrected chi connectivity index (χ4v) is 3.06. The van der Waals surface area contributed by atoms with Gasteiger partial charge in [0.2, 0.25) is 0 Å². The highest BCUT2D eigenvalue weighted by Crippen LogP contribution is 2.29. The second-order valence-electron chi connectivity index (χ2n) is 6.49. The molecule has 3 rings (SSSR count). The zero-order chi connectivity index (χ0) is 22.6. The van der Waals surface area contributed by atoms with Crippen LogP contribution in [0.1, 0.15) is 15.9 Å². The fraction of sp³-hybridized carbons (Fsp3) is 0.190. The third-order valence-corrected chi connectivity index (χ3v) is 4.46. The number of nitrogens with zero attached hydrogens (tertiary/aromatic N) is 1. The van der Waals surface area contributed by atoms with Crippen LogP contribution >= 0.6 is 0 Å². The molecule has 7 nitrogen and oxygen atoms in total. The van der Waals surface area contributed by atoms with E-state index in [-0.39, 0.29) is 12.3 Å². The highest BCUT2D eigenvalue weighted by Gasteiger charge is 2.29. The van der Waals surface area contributed by atoms with Gasteiger partial charge in [0.15, 0.2) is 6.61 Å². The number of rotatable bonds is 7. The summed E-state index contributed by atoms with van der Waals surface area (Å²) < 4.78 is 47.1. The van der Waals surface area contributed by atoms with Crippen LogP contribution in [0, 0.1) is 10.1 Å². The summed E-state index contributed by atoms with van der Waals surface area (Å²) in [6.45, 7) is -1.60. The molecular weight excluding hydrogens is 417 g/mol. The standard InChI is InChI=1S/C21H17F3N2O5/c1-30-19-9-6-13-4-2-3-5-15(13)17(19)11-25-20(27)16-10-14(31-12-21(22,23)24)7-8-18(16)26(28)29/h2-10H,11-12H2,1H3,(H,25,27). The highest BCUT2D eigenvalue weighted by molar-refractivity contribution is 5.99. The van der Waals surface area contributed by atoms with Gasteiger partial charge in [-0.05, 0) is 29.0 Å². The average molecular weight is 434 g/mol. The second-order valence-corrected chi connectivity index (χ2v) is 6.49. The Balaban J connectivity index is 1.88. The maximum Gasteiger partial charge on any atom is 0.422 e. The van der Waals surface area contributed by atoms with Crippen molar-refractivity contribution in [1.82, 2.24) is 5.32 Å². The first-order chi connectivity index (χ1) is 14.7. The molecule has 0 saturated carbocycles. The Hall–Kier alpha value is -3.82. The molecular formula is C21H17F3N2O5.